The Kier molecular flexibility index (Phi) is 7.92. The maximum atomic E-state index is 4.55. The van der Waals surface area contributed by atoms with E-state index >= 15 is 0 Å². The fraction of sp³-hybridized carbons (Fsp3) is 0.583. The van der Waals surface area contributed by atoms with Crippen LogP contribution in [0.3, 0.4) is 0 Å². The Hall–Kier alpha value is -0.680. The maximum Gasteiger partial charge on any atom is 0.191 e. The summed E-state index contributed by atoms with van der Waals surface area (Å²) in [6, 6.07) is 2.12. The fourth-order valence-electron chi connectivity index (χ4n) is 1.32. The second-order valence-electron chi connectivity index (χ2n) is 3.60. The van der Waals surface area contributed by atoms with Crippen LogP contribution >= 0.6 is 23.1 Å². The maximum absolute atomic E-state index is 4.55. The monoisotopic (exact) mass is 271 g/mol. The van der Waals surface area contributed by atoms with E-state index in [9.17, 15) is 0 Å². The van der Waals surface area contributed by atoms with Crippen LogP contribution < -0.4 is 10.6 Å². The van der Waals surface area contributed by atoms with Crippen LogP contribution in [0, 0.1) is 0 Å². The van der Waals surface area contributed by atoms with Crippen LogP contribution in [0.5, 0.6) is 0 Å². The molecule has 1 aromatic heterocycles. The van der Waals surface area contributed by atoms with Gasteiger partial charge in [-0.1, -0.05) is 0 Å². The molecule has 1 aromatic rings. The average molecular weight is 271 g/mol. The molecule has 0 aliphatic carbocycles. The predicted octanol–water partition coefficient (Wildman–Crippen LogP) is 2.56. The molecule has 0 radical (unpaired) electrons. The summed E-state index contributed by atoms with van der Waals surface area (Å²) in [7, 11) is 0. The van der Waals surface area contributed by atoms with Crippen molar-refractivity contribution in [3.63, 3.8) is 0 Å². The van der Waals surface area contributed by atoms with Gasteiger partial charge in [0, 0.05) is 13.1 Å². The van der Waals surface area contributed by atoms with E-state index in [1.165, 1.54) is 17.7 Å². The average Bonchev–Trinajstić information content (AvgIpc) is 2.84. The van der Waals surface area contributed by atoms with Crippen LogP contribution in [0.2, 0.25) is 0 Å². The zero-order valence-electron chi connectivity index (χ0n) is 10.5. The van der Waals surface area contributed by atoms with Crippen LogP contribution in [0.4, 0.5) is 0 Å². The highest BCUT2D eigenvalue weighted by Crippen LogP contribution is 2.06. The Morgan fingerprint density at radius 1 is 1.47 bits per heavy atom. The first kappa shape index (κ1) is 14.4. The number of hydrogen-bond acceptors (Lipinski definition) is 3. The second kappa shape index (κ2) is 9.36. The first-order valence-electron chi connectivity index (χ1n) is 5.89. The van der Waals surface area contributed by atoms with E-state index in [-0.39, 0.29) is 0 Å². The summed E-state index contributed by atoms with van der Waals surface area (Å²) in [6.07, 6.45) is 3.31. The van der Waals surface area contributed by atoms with Gasteiger partial charge in [-0.3, -0.25) is 0 Å². The molecule has 17 heavy (non-hydrogen) atoms. The third-order valence-electron chi connectivity index (χ3n) is 2.16. The Morgan fingerprint density at radius 2 is 2.35 bits per heavy atom. The van der Waals surface area contributed by atoms with Crippen molar-refractivity contribution in [2.75, 3.05) is 25.1 Å². The highest BCUT2D eigenvalue weighted by molar-refractivity contribution is 7.98. The molecule has 0 amide bonds. The molecule has 0 fully saturated rings. The number of guanidine groups is 1. The standard InChI is InChI=1S/C12H21N3S2/c1-3-13-12(14-6-4-7-16-2)15-9-11-5-8-17-10-11/h5,8,10H,3-4,6-7,9H2,1-2H3,(H2,13,14,15). The van der Waals surface area contributed by atoms with E-state index in [1.807, 2.05) is 11.8 Å². The third-order valence-corrected chi connectivity index (χ3v) is 3.59. The van der Waals surface area contributed by atoms with E-state index in [1.54, 1.807) is 11.3 Å². The molecule has 1 heterocycles. The zero-order valence-corrected chi connectivity index (χ0v) is 12.2. The van der Waals surface area contributed by atoms with E-state index in [0.29, 0.717) is 0 Å². The molecule has 2 N–H and O–H groups in total. The van der Waals surface area contributed by atoms with Crippen LogP contribution in [-0.2, 0) is 6.54 Å². The van der Waals surface area contributed by atoms with E-state index in [4.69, 9.17) is 0 Å². The molecular formula is C12H21N3S2. The van der Waals surface area contributed by atoms with Crippen molar-refractivity contribution < 1.29 is 0 Å². The number of nitrogens with one attached hydrogen (secondary N) is 2. The number of hydrogen-bond donors (Lipinski definition) is 2. The summed E-state index contributed by atoms with van der Waals surface area (Å²) in [5, 5.41) is 10.8. The molecule has 3 nitrogen and oxygen atoms in total. The number of thiophene rings is 1. The number of nitrogens with zero attached hydrogens (tertiary/aromatic N) is 1. The highest BCUT2D eigenvalue weighted by atomic mass is 32.2. The lowest BCUT2D eigenvalue weighted by Gasteiger charge is -2.10. The van der Waals surface area contributed by atoms with Gasteiger partial charge in [0.2, 0.25) is 0 Å². The van der Waals surface area contributed by atoms with Gasteiger partial charge in [0.1, 0.15) is 0 Å². The van der Waals surface area contributed by atoms with Crippen molar-refractivity contribution in [1.29, 1.82) is 0 Å². The quantitative estimate of drug-likeness (QED) is 0.454. The molecule has 1 rings (SSSR count). The summed E-state index contributed by atoms with van der Waals surface area (Å²) in [6.45, 7) is 4.72. The van der Waals surface area contributed by atoms with Crippen molar-refractivity contribution in [2.24, 2.45) is 4.99 Å². The number of thioether (sulfide) groups is 1. The van der Waals surface area contributed by atoms with E-state index in [0.717, 1.165) is 25.6 Å². The minimum absolute atomic E-state index is 0.751. The van der Waals surface area contributed by atoms with E-state index in [2.05, 4.69) is 45.6 Å². The molecule has 0 aliphatic heterocycles. The van der Waals surface area contributed by atoms with Gasteiger partial charge >= 0.3 is 0 Å². The Bertz CT molecular complexity index is 310. The van der Waals surface area contributed by atoms with Crippen molar-refractivity contribution in [2.45, 2.75) is 19.9 Å². The van der Waals surface area contributed by atoms with Crippen molar-refractivity contribution >= 4 is 29.1 Å². The van der Waals surface area contributed by atoms with Crippen molar-refractivity contribution in [3.05, 3.63) is 22.4 Å². The van der Waals surface area contributed by atoms with Gasteiger partial charge in [0.15, 0.2) is 5.96 Å². The summed E-state index contributed by atoms with van der Waals surface area (Å²) < 4.78 is 0. The molecule has 0 aliphatic rings. The molecular weight excluding hydrogens is 250 g/mol. The Morgan fingerprint density at radius 3 is 3.00 bits per heavy atom. The summed E-state index contributed by atoms with van der Waals surface area (Å²) >= 11 is 3.60. The zero-order chi connectivity index (χ0) is 12.3. The minimum Gasteiger partial charge on any atom is -0.357 e. The molecule has 0 unspecified atom stereocenters. The van der Waals surface area contributed by atoms with Gasteiger partial charge in [-0.15, -0.1) is 0 Å². The lowest BCUT2D eigenvalue weighted by molar-refractivity contribution is 0.790. The van der Waals surface area contributed by atoms with Gasteiger partial charge in [-0.25, -0.2) is 4.99 Å². The first-order chi connectivity index (χ1) is 8.36. The summed E-state index contributed by atoms with van der Waals surface area (Å²) in [5.74, 6) is 2.11. The summed E-state index contributed by atoms with van der Waals surface area (Å²) in [5.41, 5.74) is 1.27. The smallest absolute Gasteiger partial charge is 0.191 e. The molecule has 0 bridgehead atoms. The van der Waals surface area contributed by atoms with E-state index < -0.39 is 0 Å². The lowest BCUT2D eigenvalue weighted by atomic mass is 10.3. The van der Waals surface area contributed by atoms with Crippen LogP contribution in [-0.4, -0.2) is 31.1 Å². The molecule has 0 atom stereocenters. The molecule has 0 saturated carbocycles. The first-order valence-corrected chi connectivity index (χ1v) is 8.22. The fourth-order valence-corrected chi connectivity index (χ4v) is 2.41. The largest absolute Gasteiger partial charge is 0.357 e. The Balaban J connectivity index is 2.33. The van der Waals surface area contributed by atoms with Crippen LogP contribution in [0.25, 0.3) is 0 Å². The lowest BCUT2D eigenvalue weighted by Crippen LogP contribution is -2.37. The predicted molar refractivity (Wildman–Crippen MR) is 80.1 cm³/mol. The van der Waals surface area contributed by atoms with Crippen molar-refractivity contribution in [3.8, 4) is 0 Å². The molecule has 0 saturated heterocycles. The van der Waals surface area contributed by atoms with Gasteiger partial charge in [-0.2, -0.15) is 23.1 Å². The SMILES string of the molecule is CCNC(=NCc1ccsc1)NCCCSC. The van der Waals surface area contributed by atoms with Gasteiger partial charge in [0.05, 0.1) is 6.54 Å². The summed E-state index contributed by atoms with van der Waals surface area (Å²) in [4.78, 5) is 4.55. The molecule has 5 heteroatoms. The van der Waals surface area contributed by atoms with Crippen LogP contribution in [0.15, 0.2) is 21.8 Å². The number of aliphatic imine (C=N–C) groups is 1. The van der Waals surface area contributed by atoms with Gasteiger partial charge in [-0.05, 0) is 47.7 Å². The normalized spacial score (nSPS) is 11.5. The second-order valence-corrected chi connectivity index (χ2v) is 5.37. The molecule has 0 aromatic carbocycles. The number of rotatable bonds is 7. The van der Waals surface area contributed by atoms with Gasteiger partial charge in [0.25, 0.3) is 0 Å². The highest BCUT2D eigenvalue weighted by Gasteiger charge is 1.97. The minimum atomic E-state index is 0.751. The Labute approximate surface area is 112 Å². The molecule has 0 spiro atoms. The topological polar surface area (TPSA) is 36.4 Å². The third kappa shape index (κ3) is 6.58. The van der Waals surface area contributed by atoms with Crippen molar-refractivity contribution in [1.82, 2.24) is 10.6 Å². The van der Waals surface area contributed by atoms with Crippen LogP contribution in [0.1, 0.15) is 18.9 Å². The molecule has 96 valence electrons. The van der Waals surface area contributed by atoms with Gasteiger partial charge < -0.3 is 10.6 Å².